The molecule has 0 atom stereocenters. The van der Waals surface area contributed by atoms with Gasteiger partial charge in [-0.25, -0.2) is 0 Å². The number of nitrogens with zero attached hydrogens (tertiary/aromatic N) is 2. The molecule has 0 aliphatic heterocycles. The molecule has 3 aromatic carbocycles. The lowest BCUT2D eigenvalue weighted by Gasteiger charge is -2.09. The van der Waals surface area contributed by atoms with E-state index in [2.05, 4.69) is 6.07 Å². The van der Waals surface area contributed by atoms with Crippen LogP contribution in [0.4, 0.5) is 5.69 Å². The molecular formula is C23H17ClN2O4. The molecule has 0 radical (unpaired) electrons. The summed E-state index contributed by atoms with van der Waals surface area (Å²) in [4.78, 5) is 10.3. The minimum Gasteiger partial charge on any atom is -0.497 e. The summed E-state index contributed by atoms with van der Waals surface area (Å²) in [6.07, 6.45) is 1.74. The molecule has 0 unspecified atom stereocenters. The third-order valence-corrected chi connectivity index (χ3v) is 4.63. The number of nitriles is 1. The van der Waals surface area contributed by atoms with Gasteiger partial charge in [-0.15, -0.1) is 0 Å². The van der Waals surface area contributed by atoms with Crippen molar-refractivity contribution in [1.29, 1.82) is 5.26 Å². The van der Waals surface area contributed by atoms with E-state index in [0.717, 1.165) is 16.7 Å². The first-order valence-corrected chi connectivity index (χ1v) is 9.30. The number of allylic oxidation sites excluding steroid dienone is 1. The van der Waals surface area contributed by atoms with Crippen molar-refractivity contribution in [2.24, 2.45) is 0 Å². The number of hydrogen-bond acceptors (Lipinski definition) is 5. The van der Waals surface area contributed by atoms with Crippen molar-refractivity contribution in [1.82, 2.24) is 0 Å². The van der Waals surface area contributed by atoms with Gasteiger partial charge in [0.15, 0.2) is 0 Å². The number of ether oxygens (including phenoxy) is 2. The van der Waals surface area contributed by atoms with E-state index in [1.165, 1.54) is 12.1 Å². The highest BCUT2D eigenvalue weighted by Crippen LogP contribution is 2.29. The van der Waals surface area contributed by atoms with Gasteiger partial charge in [-0.05, 0) is 71.3 Å². The predicted octanol–water partition coefficient (Wildman–Crippen LogP) is 5.90. The smallest absolute Gasteiger partial charge is 0.269 e. The largest absolute Gasteiger partial charge is 0.497 e. The molecule has 7 heteroatoms. The van der Waals surface area contributed by atoms with E-state index >= 15 is 0 Å². The molecule has 0 N–H and O–H groups in total. The fraction of sp³-hybridized carbons (Fsp3) is 0.0870. The summed E-state index contributed by atoms with van der Waals surface area (Å²) in [5, 5.41) is 20.6. The van der Waals surface area contributed by atoms with Crippen molar-refractivity contribution in [3.05, 3.63) is 98.6 Å². The molecule has 0 aliphatic carbocycles. The van der Waals surface area contributed by atoms with Crippen LogP contribution in [0.2, 0.25) is 5.02 Å². The van der Waals surface area contributed by atoms with Crippen LogP contribution in [0, 0.1) is 21.4 Å². The minimum atomic E-state index is -0.449. The van der Waals surface area contributed by atoms with Gasteiger partial charge in [0.2, 0.25) is 0 Å². The third-order valence-electron chi connectivity index (χ3n) is 4.33. The van der Waals surface area contributed by atoms with Gasteiger partial charge in [-0.1, -0.05) is 17.7 Å². The van der Waals surface area contributed by atoms with Crippen molar-refractivity contribution in [3.8, 4) is 17.6 Å². The average molecular weight is 421 g/mol. The van der Waals surface area contributed by atoms with E-state index in [0.29, 0.717) is 22.1 Å². The zero-order chi connectivity index (χ0) is 21.5. The van der Waals surface area contributed by atoms with Crippen molar-refractivity contribution in [2.75, 3.05) is 7.11 Å². The standard InChI is InChI=1S/C23H17ClN2O4/c1-29-21-9-5-18(6-10-21)19(14-25)12-17-4-11-23(22(24)13-17)30-15-16-2-7-20(8-3-16)26(27)28/h2-13H,15H2,1H3/b19-12+. The first kappa shape index (κ1) is 20.9. The summed E-state index contributed by atoms with van der Waals surface area (Å²) in [6, 6.07) is 20.8. The zero-order valence-corrected chi connectivity index (χ0v) is 16.8. The molecule has 150 valence electrons. The van der Waals surface area contributed by atoms with E-state index in [1.807, 2.05) is 12.1 Å². The summed E-state index contributed by atoms with van der Waals surface area (Å²) in [6.45, 7) is 0.224. The Bertz CT molecular complexity index is 1120. The number of halogens is 1. The third kappa shape index (κ3) is 5.16. The summed E-state index contributed by atoms with van der Waals surface area (Å²) >= 11 is 6.33. The van der Waals surface area contributed by atoms with Crippen molar-refractivity contribution < 1.29 is 14.4 Å². The highest BCUT2D eigenvalue weighted by Gasteiger charge is 2.07. The Morgan fingerprint density at radius 3 is 2.40 bits per heavy atom. The molecule has 6 nitrogen and oxygen atoms in total. The van der Waals surface area contributed by atoms with E-state index in [9.17, 15) is 15.4 Å². The molecule has 0 amide bonds. The molecule has 0 bridgehead atoms. The molecular weight excluding hydrogens is 404 g/mol. The number of non-ortho nitro benzene ring substituents is 1. The van der Waals surface area contributed by atoms with Gasteiger partial charge in [0.1, 0.15) is 18.1 Å². The van der Waals surface area contributed by atoms with Gasteiger partial charge in [-0.3, -0.25) is 10.1 Å². The van der Waals surface area contributed by atoms with Gasteiger partial charge in [0.25, 0.3) is 5.69 Å². The van der Waals surface area contributed by atoms with Gasteiger partial charge in [0.05, 0.1) is 28.7 Å². The second-order valence-electron chi connectivity index (χ2n) is 6.30. The molecule has 0 spiro atoms. The average Bonchev–Trinajstić information content (AvgIpc) is 2.77. The zero-order valence-electron chi connectivity index (χ0n) is 16.0. The predicted molar refractivity (Wildman–Crippen MR) is 115 cm³/mol. The van der Waals surface area contributed by atoms with E-state index in [4.69, 9.17) is 21.1 Å². The van der Waals surface area contributed by atoms with Crippen molar-refractivity contribution in [2.45, 2.75) is 6.61 Å². The van der Waals surface area contributed by atoms with Crippen LogP contribution in [-0.4, -0.2) is 12.0 Å². The van der Waals surface area contributed by atoms with Gasteiger partial charge >= 0.3 is 0 Å². The topological polar surface area (TPSA) is 85.4 Å². The highest BCUT2D eigenvalue weighted by molar-refractivity contribution is 6.32. The summed E-state index contributed by atoms with van der Waals surface area (Å²) < 4.78 is 10.9. The SMILES string of the molecule is COc1ccc(/C(C#N)=C/c2ccc(OCc3ccc([N+](=O)[O-])cc3)c(Cl)c2)cc1. The second kappa shape index (κ2) is 9.59. The monoisotopic (exact) mass is 420 g/mol. The molecule has 0 heterocycles. The number of methoxy groups -OCH3 is 1. The maximum absolute atomic E-state index is 10.7. The lowest BCUT2D eigenvalue weighted by molar-refractivity contribution is -0.384. The Balaban J connectivity index is 1.72. The Labute approximate surface area is 178 Å². The van der Waals surface area contributed by atoms with Crippen LogP contribution in [0.1, 0.15) is 16.7 Å². The summed E-state index contributed by atoms with van der Waals surface area (Å²) in [5.41, 5.74) is 2.83. The number of nitro groups is 1. The van der Waals surface area contributed by atoms with Gasteiger partial charge < -0.3 is 9.47 Å². The molecule has 3 rings (SSSR count). The van der Waals surface area contributed by atoms with Crippen molar-refractivity contribution in [3.63, 3.8) is 0 Å². The molecule has 0 fully saturated rings. The fourth-order valence-electron chi connectivity index (χ4n) is 2.72. The van der Waals surface area contributed by atoms with Crippen LogP contribution in [0.15, 0.2) is 66.7 Å². The van der Waals surface area contributed by atoms with Gasteiger partial charge in [0, 0.05) is 12.1 Å². The first-order chi connectivity index (χ1) is 14.5. The van der Waals surface area contributed by atoms with E-state index in [1.54, 1.807) is 55.7 Å². The molecule has 0 aliphatic rings. The van der Waals surface area contributed by atoms with E-state index in [-0.39, 0.29) is 12.3 Å². The van der Waals surface area contributed by atoms with Crippen LogP contribution < -0.4 is 9.47 Å². The number of benzene rings is 3. The van der Waals surface area contributed by atoms with Crippen LogP contribution in [0.3, 0.4) is 0 Å². The molecule has 3 aromatic rings. The van der Waals surface area contributed by atoms with Crippen LogP contribution >= 0.6 is 11.6 Å². The lowest BCUT2D eigenvalue weighted by Crippen LogP contribution is -1.97. The number of rotatable bonds is 7. The maximum Gasteiger partial charge on any atom is 0.269 e. The number of hydrogen-bond donors (Lipinski definition) is 0. The van der Waals surface area contributed by atoms with Crippen LogP contribution in [-0.2, 0) is 6.61 Å². The van der Waals surface area contributed by atoms with Crippen molar-refractivity contribution >= 4 is 28.9 Å². The Kier molecular flexibility index (Phi) is 6.68. The van der Waals surface area contributed by atoms with Crippen LogP contribution in [0.25, 0.3) is 11.6 Å². The molecule has 30 heavy (non-hydrogen) atoms. The number of nitro benzene ring substituents is 1. The normalized spacial score (nSPS) is 10.9. The lowest BCUT2D eigenvalue weighted by atomic mass is 10.0. The quantitative estimate of drug-likeness (QED) is 0.205. The summed E-state index contributed by atoms with van der Waals surface area (Å²) in [5.74, 6) is 1.20. The Morgan fingerprint density at radius 2 is 1.83 bits per heavy atom. The Hall–Kier alpha value is -3.82. The maximum atomic E-state index is 10.7. The van der Waals surface area contributed by atoms with E-state index < -0.39 is 4.92 Å². The molecule has 0 saturated heterocycles. The Morgan fingerprint density at radius 1 is 1.13 bits per heavy atom. The molecule has 0 saturated carbocycles. The first-order valence-electron chi connectivity index (χ1n) is 8.92. The molecule has 0 aromatic heterocycles. The summed E-state index contributed by atoms with van der Waals surface area (Å²) in [7, 11) is 1.59. The van der Waals surface area contributed by atoms with Crippen LogP contribution in [0.5, 0.6) is 11.5 Å². The fourth-order valence-corrected chi connectivity index (χ4v) is 2.96. The second-order valence-corrected chi connectivity index (χ2v) is 6.71. The minimum absolute atomic E-state index is 0.0260. The van der Waals surface area contributed by atoms with Gasteiger partial charge in [-0.2, -0.15) is 5.26 Å². The highest BCUT2D eigenvalue weighted by atomic mass is 35.5.